The molecule has 1 saturated heterocycles. The highest BCUT2D eigenvalue weighted by Crippen LogP contribution is 2.47. The molecule has 106 valence electrons. The van der Waals surface area contributed by atoms with Crippen LogP contribution in [0.4, 0.5) is 4.39 Å². The number of carbonyl (C=O) groups is 1. The molecule has 3 fully saturated rings. The van der Waals surface area contributed by atoms with E-state index in [2.05, 4.69) is 5.32 Å². The molecule has 2 saturated carbocycles. The maximum absolute atomic E-state index is 13.2. The lowest BCUT2D eigenvalue weighted by molar-refractivity contribution is -0.121. The third kappa shape index (κ3) is 2.54. The van der Waals surface area contributed by atoms with Crippen molar-refractivity contribution in [3.05, 3.63) is 0 Å². The van der Waals surface area contributed by atoms with E-state index in [9.17, 15) is 9.18 Å². The fourth-order valence-electron chi connectivity index (χ4n) is 3.76. The number of carbonyl (C=O) groups excluding carboxylic acids is 1. The molecule has 1 heterocycles. The topological polar surface area (TPSA) is 41.5 Å². The van der Waals surface area contributed by atoms with Crippen LogP contribution in [0.25, 0.3) is 0 Å². The Labute approximate surface area is 117 Å². The Bertz CT molecular complexity index is 426. The summed E-state index contributed by atoms with van der Waals surface area (Å²) in [4.78, 5) is 16.7. The van der Waals surface area contributed by atoms with Gasteiger partial charge in [0.2, 0.25) is 5.91 Å². The third-order valence-corrected chi connectivity index (χ3v) is 5.88. The molecule has 0 aromatic carbocycles. The van der Waals surface area contributed by atoms with Crippen LogP contribution in [0.3, 0.4) is 0 Å². The van der Waals surface area contributed by atoms with E-state index in [4.69, 9.17) is 4.99 Å². The number of rotatable bonds is 3. The molecule has 3 nitrogen and oxygen atoms in total. The number of fused-ring (bicyclic) bond motifs is 2. The van der Waals surface area contributed by atoms with Gasteiger partial charge in [-0.05, 0) is 44.9 Å². The lowest BCUT2D eigenvalue weighted by Crippen LogP contribution is -2.35. The second-order valence-corrected chi connectivity index (χ2v) is 7.94. The average Bonchev–Trinajstić information content (AvgIpc) is 2.94. The standard InChI is InChI=1S/C14H21FN2OS/c1-8(15)7-14(2)12(18)17-13(19-14)16-11-6-9-3-4-10(11)5-9/h8-11H,3-7H2,1-2H3,(H,16,17,18). The summed E-state index contributed by atoms with van der Waals surface area (Å²) in [7, 11) is 0. The highest BCUT2D eigenvalue weighted by Gasteiger charge is 2.45. The van der Waals surface area contributed by atoms with Crippen LogP contribution >= 0.6 is 11.8 Å². The van der Waals surface area contributed by atoms with E-state index < -0.39 is 10.9 Å². The third-order valence-electron chi connectivity index (χ3n) is 4.68. The van der Waals surface area contributed by atoms with Gasteiger partial charge in [-0.25, -0.2) is 4.39 Å². The molecule has 2 aliphatic carbocycles. The van der Waals surface area contributed by atoms with E-state index in [0.717, 1.165) is 5.92 Å². The Morgan fingerprint density at radius 1 is 1.53 bits per heavy atom. The van der Waals surface area contributed by atoms with Gasteiger partial charge in [0.15, 0.2) is 5.17 Å². The van der Waals surface area contributed by atoms with Crippen LogP contribution in [-0.4, -0.2) is 28.0 Å². The predicted molar refractivity (Wildman–Crippen MR) is 76.0 cm³/mol. The van der Waals surface area contributed by atoms with Crippen molar-refractivity contribution in [2.24, 2.45) is 16.8 Å². The summed E-state index contributed by atoms with van der Waals surface area (Å²) in [6.45, 7) is 3.32. The molecule has 1 aliphatic heterocycles. The van der Waals surface area contributed by atoms with Crippen molar-refractivity contribution in [1.29, 1.82) is 0 Å². The predicted octanol–water partition coefficient (Wildman–Crippen LogP) is 2.90. The number of amidine groups is 1. The summed E-state index contributed by atoms with van der Waals surface area (Å²) in [5, 5.41) is 3.56. The number of alkyl halides is 1. The monoisotopic (exact) mass is 284 g/mol. The van der Waals surface area contributed by atoms with E-state index >= 15 is 0 Å². The van der Waals surface area contributed by atoms with Gasteiger partial charge in [0.25, 0.3) is 0 Å². The lowest BCUT2D eigenvalue weighted by atomic mass is 9.96. The summed E-state index contributed by atoms with van der Waals surface area (Å²) in [6, 6.07) is 0.381. The summed E-state index contributed by atoms with van der Waals surface area (Å²) in [5.74, 6) is 1.46. The zero-order valence-electron chi connectivity index (χ0n) is 11.5. The van der Waals surface area contributed by atoms with Gasteiger partial charge in [-0.15, -0.1) is 0 Å². The second kappa shape index (κ2) is 4.76. The van der Waals surface area contributed by atoms with Crippen molar-refractivity contribution < 1.29 is 9.18 Å². The maximum Gasteiger partial charge on any atom is 0.242 e. The van der Waals surface area contributed by atoms with E-state index in [1.54, 1.807) is 0 Å². The first-order chi connectivity index (χ1) is 8.96. The number of aliphatic imine (C=N–C) groups is 1. The van der Waals surface area contributed by atoms with Gasteiger partial charge in [-0.3, -0.25) is 9.79 Å². The number of halogens is 1. The summed E-state index contributed by atoms with van der Waals surface area (Å²) < 4.78 is 12.5. The van der Waals surface area contributed by atoms with E-state index in [0.29, 0.717) is 17.1 Å². The molecule has 2 bridgehead atoms. The minimum atomic E-state index is -0.968. The molecule has 1 N–H and O–H groups in total. The number of thioether (sulfide) groups is 1. The fourth-order valence-corrected chi connectivity index (χ4v) is 4.98. The summed E-state index contributed by atoms with van der Waals surface area (Å²) in [5.41, 5.74) is 0. The number of hydrogen-bond acceptors (Lipinski definition) is 3. The van der Waals surface area contributed by atoms with Crippen LogP contribution in [0.1, 0.15) is 46.0 Å². The molecule has 19 heavy (non-hydrogen) atoms. The van der Waals surface area contributed by atoms with Crippen LogP contribution in [0.5, 0.6) is 0 Å². The van der Waals surface area contributed by atoms with Gasteiger partial charge < -0.3 is 5.32 Å². The summed E-state index contributed by atoms with van der Waals surface area (Å²) >= 11 is 1.41. The highest BCUT2D eigenvalue weighted by molar-refractivity contribution is 8.16. The summed E-state index contributed by atoms with van der Waals surface area (Å²) in [6.07, 6.45) is 4.38. The largest absolute Gasteiger partial charge is 0.304 e. The van der Waals surface area contributed by atoms with E-state index in [1.165, 1.54) is 44.4 Å². The smallest absolute Gasteiger partial charge is 0.242 e. The Morgan fingerprint density at radius 3 is 2.89 bits per heavy atom. The molecule has 0 spiro atoms. The van der Waals surface area contributed by atoms with Crippen molar-refractivity contribution in [2.75, 3.05) is 0 Å². The first-order valence-corrected chi connectivity index (χ1v) is 8.00. The van der Waals surface area contributed by atoms with Crippen LogP contribution in [0, 0.1) is 11.8 Å². The van der Waals surface area contributed by atoms with Gasteiger partial charge in [-0.2, -0.15) is 0 Å². The van der Waals surface area contributed by atoms with Gasteiger partial charge in [-0.1, -0.05) is 18.2 Å². The highest BCUT2D eigenvalue weighted by atomic mass is 32.2. The van der Waals surface area contributed by atoms with Gasteiger partial charge in [0.05, 0.1) is 12.2 Å². The molecule has 3 rings (SSSR count). The normalized spacial score (nSPS) is 44.9. The molecule has 5 atom stereocenters. The minimum absolute atomic E-state index is 0.0936. The van der Waals surface area contributed by atoms with Crippen LogP contribution in [-0.2, 0) is 4.79 Å². The van der Waals surface area contributed by atoms with Crippen molar-refractivity contribution in [2.45, 2.75) is 62.9 Å². The first-order valence-electron chi connectivity index (χ1n) is 7.18. The minimum Gasteiger partial charge on any atom is -0.304 e. The molecule has 0 radical (unpaired) electrons. The average molecular weight is 284 g/mol. The van der Waals surface area contributed by atoms with Crippen molar-refractivity contribution in [3.63, 3.8) is 0 Å². The van der Waals surface area contributed by atoms with Crippen LogP contribution < -0.4 is 5.32 Å². The van der Waals surface area contributed by atoms with E-state index in [1.807, 2.05) is 6.92 Å². The molecule has 0 aromatic rings. The molecule has 5 unspecified atom stereocenters. The molecule has 1 amide bonds. The second-order valence-electron chi connectivity index (χ2n) is 6.45. The Balaban J connectivity index is 1.69. The van der Waals surface area contributed by atoms with Gasteiger partial charge >= 0.3 is 0 Å². The maximum atomic E-state index is 13.2. The van der Waals surface area contributed by atoms with Crippen LogP contribution in [0.2, 0.25) is 0 Å². The SMILES string of the molecule is CC(F)CC1(C)SC(=NC2CC3CCC2C3)NC1=O. The van der Waals surface area contributed by atoms with Crippen molar-refractivity contribution >= 4 is 22.8 Å². The number of hydrogen-bond donors (Lipinski definition) is 1. The lowest BCUT2D eigenvalue weighted by Gasteiger charge is -2.19. The number of amides is 1. The molecule has 5 heteroatoms. The zero-order chi connectivity index (χ0) is 13.6. The number of nitrogens with one attached hydrogen (secondary N) is 1. The van der Waals surface area contributed by atoms with Crippen LogP contribution in [0.15, 0.2) is 4.99 Å². The molecule has 0 aromatic heterocycles. The zero-order valence-corrected chi connectivity index (χ0v) is 12.3. The van der Waals surface area contributed by atoms with Gasteiger partial charge in [0, 0.05) is 6.42 Å². The van der Waals surface area contributed by atoms with E-state index in [-0.39, 0.29) is 12.3 Å². The first kappa shape index (κ1) is 13.4. The van der Waals surface area contributed by atoms with Crippen molar-refractivity contribution in [3.8, 4) is 0 Å². The Morgan fingerprint density at radius 2 is 2.32 bits per heavy atom. The Kier molecular flexibility index (Phi) is 3.36. The number of nitrogens with zero attached hydrogens (tertiary/aromatic N) is 1. The molecular formula is C14H21FN2OS. The fraction of sp³-hybridized carbons (Fsp3) is 0.857. The molecule has 3 aliphatic rings. The van der Waals surface area contributed by atoms with Gasteiger partial charge in [0.1, 0.15) is 4.75 Å². The quantitative estimate of drug-likeness (QED) is 0.866. The molecular weight excluding hydrogens is 263 g/mol. The Hall–Kier alpha value is -0.580. The van der Waals surface area contributed by atoms with Crippen molar-refractivity contribution in [1.82, 2.24) is 5.32 Å².